The fourth-order valence-corrected chi connectivity index (χ4v) is 8.72. The van der Waals surface area contributed by atoms with Crippen LogP contribution in [0, 0.1) is 17.3 Å². The van der Waals surface area contributed by atoms with Gasteiger partial charge in [-0.1, -0.05) is 103 Å². The Bertz CT molecular complexity index is 2250. The average Bonchev–Trinajstić information content (AvgIpc) is 3.89. The lowest BCUT2D eigenvalue weighted by Gasteiger charge is -2.55. The molecule has 6 rings (SSSR count). The number of hydrogen-bond acceptors (Lipinski definition) is 10. The molecule has 0 spiro atoms. The van der Waals surface area contributed by atoms with E-state index < -0.39 is 77.6 Å². The number of fused-ring (bicyclic) bond motifs is 1. The Morgan fingerprint density at radius 1 is 0.875 bits per heavy atom. The first-order valence-corrected chi connectivity index (χ1v) is 22.6. The molecule has 3 aromatic carbocycles. The van der Waals surface area contributed by atoms with E-state index in [-0.39, 0.29) is 32.2 Å². The van der Waals surface area contributed by atoms with Crippen molar-refractivity contribution in [3.63, 3.8) is 0 Å². The van der Waals surface area contributed by atoms with Gasteiger partial charge in [-0.2, -0.15) is 0 Å². The number of aromatic amines is 1. The third-order valence-electron chi connectivity index (χ3n) is 12.0. The van der Waals surface area contributed by atoms with Crippen LogP contribution in [0.1, 0.15) is 97.5 Å². The Kier molecular flexibility index (Phi) is 15.4. The molecule has 2 aliphatic heterocycles. The molecule has 3 amide bonds. The standard InChI is InChI=1S/C50H65N5O9/c1-9-25-62-48(60)42(43(56)50(6,7)8)53-39(22-21-33-23-24-51-28-33)41(46(53)58)55-44(38-20-14-17-35-16-11-12-19-37(35)38)54(40(45(55)57)26-32(5)47(59)63-29-31(3)4)49(61)64-30-34-15-13-18-36(27-34)52-10-2/h11-20,23-24,27-28,31-32,39-44,51-52,56H,9-10,21-22,25-26,29-30H2,1-8H3/t32?,39?,40?,41?,42?,43-,44?/m0/s1. The zero-order valence-electron chi connectivity index (χ0n) is 38.4. The van der Waals surface area contributed by atoms with Gasteiger partial charge in [-0.15, -0.1) is 0 Å². The highest BCUT2D eigenvalue weighted by molar-refractivity contribution is 6.00. The molecule has 6 unspecified atom stereocenters. The van der Waals surface area contributed by atoms with E-state index in [1.165, 1.54) is 14.7 Å². The fraction of sp³-hybridized carbons (Fsp3) is 0.500. The number of esters is 2. The normalized spacial score (nSPS) is 20.2. The van der Waals surface area contributed by atoms with Crippen LogP contribution in [0.15, 0.2) is 85.2 Å². The van der Waals surface area contributed by atoms with Gasteiger partial charge in [-0.3, -0.25) is 19.3 Å². The van der Waals surface area contributed by atoms with Crippen molar-refractivity contribution in [3.05, 3.63) is 102 Å². The highest BCUT2D eigenvalue weighted by atomic mass is 16.6. The topological polar surface area (TPSA) is 171 Å². The molecule has 64 heavy (non-hydrogen) atoms. The number of nitrogens with zero attached hydrogens (tertiary/aromatic N) is 3. The molecular weight excluding hydrogens is 815 g/mol. The van der Waals surface area contributed by atoms with Crippen LogP contribution >= 0.6 is 0 Å². The maximum atomic E-state index is 15.6. The lowest BCUT2D eigenvalue weighted by Crippen LogP contribution is -2.76. The number of carbonyl (C=O) groups excluding carboxylic acids is 5. The van der Waals surface area contributed by atoms with E-state index in [1.54, 1.807) is 33.9 Å². The van der Waals surface area contributed by atoms with Gasteiger partial charge in [0.2, 0.25) is 11.8 Å². The molecule has 14 heteroatoms. The maximum Gasteiger partial charge on any atom is 0.412 e. The number of likely N-dealkylation sites (tertiary alicyclic amines) is 1. The van der Waals surface area contributed by atoms with Crippen molar-refractivity contribution in [2.24, 2.45) is 17.3 Å². The molecule has 0 radical (unpaired) electrons. The van der Waals surface area contributed by atoms with Crippen LogP contribution in [0.2, 0.25) is 0 Å². The predicted octanol–water partition coefficient (Wildman–Crippen LogP) is 7.61. The van der Waals surface area contributed by atoms with Crippen molar-refractivity contribution in [1.29, 1.82) is 0 Å². The van der Waals surface area contributed by atoms with Crippen molar-refractivity contribution in [2.45, 2.75) is 124 Å². The van der Waals surface area contributed by atoms with Crippen molar-refractivity contribution < 1.29 is 43.3 Å². The van der Waals surface area contributed by atoms with Crippen LogP contribution in [0.25, 0.3) is 10.8 Å². The minimum absolute atomic E-state index is 0.0728. The first-order chi connectivity index (χ1) is 30.6. The number of carbonyl (C=O) groups is 5. The summed E-state index contributed by atoms with van der Waals surface area (Å²) in [5, 5.41) is 16.7. The number of aromatic nitrogens is 1. The van der Waals surface area contributed by atoms with Gasteiger partial charge in [-0.25, -0.2) is 9.59 Å². The van der Waals surface area contributed by atoms with Crippen LogP contribution in [0.5, 0.6) is 0 Å². The third kappa shape index (κ3) is 10.4. The lowest BCUT2D eigenvalue weighted by atomic mass is 9.79. The summed E-state index contributed by atoms with van der Waals surface area (Å²) in [4.78, 5) is 80.5. The average molecular weight is 880 g/mol. The molecule has 2 saturated heterocycles. The highest BCUT2D eigenvalue weighted by Crippen LogP contribution is 2.46. The first-order valence-electron chi connectivity index (χ1n) is 22.6. The number of aliphatic hydroxyl groups excluding tert-OH is 1. The molecule has 2 aliphatic rings. The SMILES string of the molecule is CCCOC(=O)C([C@H](O)C(C)(C)C)N1C(=O)C(N2C(=O)C(CC(C)C(=O)OCC(C)C)N(C(=O)OCc3cccc(NCC)c3)C2c2cccc3ccccc23)C1CCc1cc[nH]c1. The number of ether oxygens (including phenoxy) is 3. The minimum Gasteiger partial charge on any atom is -0.465 e. The van der Waals surface area contributed by atoms with Crippen LogP contribution in [-0.2, 0) is 46.4 Å². The van der Waals surface area contributed by atoms with E-state index in [0.717, 1.165) is 22.0 Å². The Hall–Kier alpha value is -5.89. The molecular formula is C50H65N5O9. The van der Waals surface area contributed by atoms with E-state index in [1.807, 2.05) is 107 Å². The van der Waals surface area contributed by atoms with Crippen LogP contribution in [0.4, 0.5) is 10.5 Å². The fourth-order valence-electron chi connectivity index (χ4n) is 8.72. The second-order valence-electron chi connectivity index (χ2n) is 18.5. The summed E-state index contributed by atoms with van der Waals surface area (Å²) in [6.07, 6.45) is 1.47. The molecule has 3 N–H and O–H groups in total. The molecule has 0 bridgehead atoms. The summed E-state index contributed by atoms with van der Waals surface area (Å²) < 4.78 is 17.4. The number of benzene rings is 3. The number of H-pyrrole nitrogens is 1. The molecule has 4 aromatic rings. The second kappa shape index (κ2) is 20.7. The number of rotatable bonds is 19. The molecule has 0 saturated carbocycles. The van der Waals surface area contributed by atoms with Gasteiger partial charge in [0.15, 0.2) is 6.04 Å². The zero-order chi connectivity index (χ0) is 46.3. The number of aliphatic hydroxyl groups is 1. The van der Waals surface area contributed by atoms with Crippen molar-refractivity contribution in [1.82, 2.24) is 19.7 Å². The Balaban J connectivity index is 1.50. The molecule has 344 valence electrons. The highest BCUT2D eigenvalue weighted by Gasteiger charge is 2.64. The summed E-state index contributed by atoms with van der Waals surface area (Å²) in [5.74, 6) is -3.14. The van der Waals surface area contributed by atoms with Crippen molar-refractivity contribution in [2.75, 3.05) is 25.1 Å². The first kappa shape index (κ1) is 47.6. The Labute approximate surface area is 376 Å². The van der Waals surface area contributed by atoms with Crippen LogP contribution in [-0.4, -0.2) is 105 Å². The Morgan fingerprint density at radius 2 is 1.61 bits per heavy atom. The molecule has 7 atom stereocenters. The second-order valence-corrected chi connectivity index (χ2v) is 18.5. The summed E-state index contributed by atoms with van der Waals surface area (Å²) in [6, 6.07) is 18.0. The quantitative estimate of drug-likeness (QED) is 0.0484. The van der Waals surface area contributed by atoms with Crippen LogP contribution in [0.3, 0.4) is 0 Å². The number of amides is 3. The van der Waals surface area contributed by atoms with Gasteiger partial charge < -0.3 is 39.4 Å². The van der Waals surface area contributed by atoms with Gasteiger partial charge in [0, 0.05) is 30.2 Å². The van der Waals surface area contributed by atoms with E-state index in [2.05, 4.69) is 10.3 Å². The molecule has 3 heterocycles. The van der Waals surface area contributed by atoms with E-state index in [4.69, 9.17) is 14.2 Å². The van der Waals surface area contributed by atoms with Gasteiger partial charge >= 0.3 is 18.0 Å². The van der Waals surface area contributed by atoms with E-state index in [9.17, 15) is 19.5 Å². The van der Waals surface area contributed by atoms with Gasteiger partial charge in [0.25, 0.3) is 0 Å². The largest absolute Gasteiger partial charge is 0.465 e. The number of aryl methyl sites for hydroxylation is 1. The van der Waals surface area contributed by atoms with Gasteiger partial charge in [0.1, 0.15) is 24.9 Å². The Morgan fingerprint density at radius 3 is 2.30 bits per heavy atom. The van der Waals surface area contributed by atoms with Crippen LogP contribution < -0.4 is 5.32 Å². The molecule has 14 nitrogen and oxygen atoms in total. The monoisotopic (exact) mass is 879 g/mol. The van der Waals surface area contributed by atoms with Crippen molar-refractivity contribution >= 4 is 46.3 Å². The predicted molar refractivity (Wildman–Crippen MR) is 244 cm³/mol. The summed E-state index contributed by atoms with van der Waals surface area (Å²) in [7, 11) is 0. The van der Waals surface area contributed by atoms with Gasteiger partial charge in [-0.05, 0) is 84.0 Å². The van der Waals surface area contributed by atoms with E-state index >= 15 is 9.59 Å². The molecule has 0 aliphatic carbocycles. The number of β-lactam (4-membered cyclic amide) rings is 1. The van der Waals surface area contributed by atoms with Gasteiger partial charge in [0.05, 0.1) is 31.3 Å². The minimum atomic E-state index is -1.38. The lowest BCUT2D eigenvalue weighted by molar-refractivity contribution is -0.188. The summed E-state index contributed by atoms with van der Waals surface area (Å²) >= 11 is 0. The van der Waals surface area contributed by atoms with Crippen molar-refractivity contribution in [3.8, 4) is 0 Å². The molecule has 1 aromatic heterocycles. The van der Waals surface area contributed by atoms with E-state index in [0.29, 0.717) is 36.9 Å². The smallest absolute Gasteiger partial charge is 0.412 e. The number of hydrogen-bond donors (Lipinski definition) is 3. The summed E-state index contributed by atoms with van der Waals surface area (Å²) in [6.45, 7) is 15.6. The number of nitrogens with one attached hydrogen (secondary N) is 2. The molecule has 2 fully saturated rings. The number of anilines is 1. The summed E-state index contributed by atoms with van der Waals surface area (Å²) in [5.41, 5.74) is 2.23. The zero-order valence-corrected chi connectivity index (χ0v) is 38.4. The maximum absolute atomic E-state index is 15.6. The third-order valence-corrected chi connectivity index (χ3v) is 12.0.